The number of aromatic nitrogens is 1. The number of amides is 2. The molecule has 0 spiro atoms. The van der Waals surface area contributed by atoms with Gasteiger partial charge in [0.1, 0.15) is 11.4 Å². The molecular formula is C13H20N4O2. The van der Waals surface area contributed by atoms with Crippen molar-refractivity contribution in [1.29, 1.82) is 0 Å². The number of carbonyl (C=O) groups excluding carboxylic acids is 2. The van der Waals surface area contributed by atoms with Gasteiger partial charge in [0.05, 0.1) is 6.54 Å². The summed E-state index contributed by atoms with van der Waals surface area (Å²) in [7, 11) is 0. The molecule has 0 saturated carbocycles. The monoisotopic (exact) mass is 264 g/mol. The van der Waals surface area contributed by atoms with Crippen LogP contribution in [-0.4, -0.2) is 35.4 Å². The fourth-order valence-corrected chi connectivity index (χ4v) is 1.45. The van der Waals surface area contributed by atoms with Crippen molar-refractivity contribution in [1.82, 2.24) is 15.6 Å². The van der Waals surface area contributed by atoms with Gasteiger partial charge in [0.2, 0.25) is 11.8 Å². The number of carbonyl (C=O) groups is 2. The van der Waals surface area contributed by atoms with Gasteiger partial charge in [0.25, 0.3) is 0 Å². The average molecular weight is 264 g/mol. The van der Waals surface area contributed by atoms with Crippen LogP contribution in [0.4, 0.5) is 5.82 Å². The number of hydrogen-bond acceptors (Lipinski definition) is 4. The molecule has 1 aromatic heterocycles. The van der Waals surface area contributed by atoms with Crippen LogP contribution in [0.3, 0.4) is 0 Å². The zero-order valence-corrected chi connectivity index (χ0v) is 11.5. The van der Waals surface area contributed by atoms with Gasteiger partial charge in [-0.3, -0.25) is 9.59 Å². The third-order valence-corrected chi connectivity index (χ3v) is 2.46. The van der Waals surface area contributed by atoms with Gasteiger partial charge in [0.15, 0.2) is 0 Å². The van der Waals surface area contributed by atoms with Crippen LogP contribution in [0.5, 0.6) is 0 Å². The summed E-state index contributed by atoms with van der Waals surface area (Å²) in [5.74, 6) is 0.148. The van der Waals surface area contributed by atoms with Crippen LogP contribution in [0.2, 0.25) is 0 Å². The van der Waals surface area contributed by atoms with Crippen molar-refractivity contribution < 1.29 is 9.59 Å². The molecule has 19 heavy (non-hydrogen) atoms. The van der Waals surface area contributed by atoms with Gasteiger partial charge in [-0.1, -0.05) is 6.07 Å². The average Bonchev–Trinajstić information content (AvgIpc) is 2.37. The summed E-state index contributed by atoms with van der Waals surface area (Å²) in [6.07, 6.45) is 1.64. The molecule has 1 heterocycles. The fraction of sp³-hybridized carbons (Fsp3) is 0.462. The Kier molecular flexibility index (Phi) is 5.29. The van der Waals surface area contributed by atoms with Crippen molar-refractivity contribution in [3.8, 4) is 0 Å². The van der Waals surface area contributed by atoms with Crippen LogP contribution < -0.4 is 16.0 Å². The first-order chi connectivity index (χ1) is 8.95. The summed E-state index contributed by atoms with van der Waals surface area (Å²) in [5.41, 5.74) is -0.846. The lowest BCUT2D eigenvalue weighted by atomic mass is 10.0. The highest BCUT2D eigenvalue weighted by Crippen LogP contribution is 2.11. The molecule has 0 saturated heterocycles. The standard InChI is InChI=1S/C13H20N4O2/c1-4-14-11(18)9-16-12(19)13(2,3)17-10-7-5-6-8-15-10/h5-8H,4,9H2,1-3H3,(H,14,18)(H,15,17)(H,16,19). The molecule has 0 aliphatic heterocycles. The number of nitrogens with one attached hydrogen (secondary N) is 3. The predicted octanol–water partition coefficient (Wildman–Crippen LogP) is 0.524. The maximum Gasteiger partial charge on any atom is 0.245 e. The minimum Gasteiger partial charge on any atom is -0.356 e. The van der Waals surface area contributed by atoms with E-state index in [1.165, 1.54) is 0 Å². The number of rotatable bonds is 6. The third-order valence-electron chi connectivity index (χ3n) is 2.46. The zero-order chi connectivity index (χ0) is 14.3. The Bertz CT molecular complexity index is 432. The first kappa shape index (κ1) is 14.9. The number of hydrogen-bond donors (Lipinski definition) is 3. The Morgan fingerprint density at radius 2 is 2.00 bits per heavy atom. The lowest BCUT2D eigenvalue weighted by Gasteiger charge is -2.25. The van der Waals surface area contributed by atoms with E-state index in [-0.39, 0.29) is 18.4 Å². The molecule has 0 aliphatic carbocycles. The molecule has 1 aromatic rings. The molecule has 0 unspecified atom stereocenters. The molecule has 0 aromatic carbocycles. The van der Waals surface area contributed by atoms with E-state index in [4.69, 9.17) is 0 Å². The second kappa shape index (κ2) is 6.72. The summed E-state index contributed by atoms with van der Waals surface area (Å²) < 4.78 is 0. The summed E-state index contributed by atoms with van der Waals surface area (Å²) in [6.45, 7) is 5.81. The number of likely N-dealkylation sites (N-methyl/N-ethyl adjacent to an activating group) is 1. The van der Waals surface area contributed by atoms with E-state index in [1.807, 2.05) is 13.0 Å². The highest BCUT2D eigenvalue weighted by atomic mass is 16.2. The van der Waals surface area contributed by atoms with Crippen LogP contribution in [0, 0.1) is 0 Å². The van der Waals surface area contributed by atoms with E-state index in [0.29, 0.717) is 12.4 Å². The second-order valence-electron chi connectivity index (χ2n) is 4.60. The third kappa shape index (κ3) is 4.95. The molecule has 1 rings (SSSR count). The molecule has 6 heteroatoms. The van der Waals surface area contributed by atoms with Crippen molar-refractivity contribution in [3.63, 3.8) is 0 Å². The normalized spacial score (nSPS) is 10.7. The number of pyridine rings is 1. The SMILES string of the molecule is CCNC(=O)CNC(=O)C(C)(C)Nc1ccccn1. The first-order valence-corrected chi connectivity index (χ1v) is 6.20. The summed E-state index contributed by atoms with van der Waals surface area (Å²) in [6, 6.07) is 5.41. The fourth-order valence-electron chi connectivity index (χ4n) is 1.45. The Balaban J connectivity index is 2.52. The minimum absolute atomic E-state index is 0.0278. The Labute approximate surface area is 113 Å². The Morgan fingerprint density at radius 1 is 1.26 bits per heavy atom. The summed E-state index contributed by atoms with van der Waals surface area (Å²) in [4.78, 5) is 27.4. The first-order valence-electron chi connectivity index (χ1n) is 6.20. The van der Waals surface area contributed by atoms with Gasteiger partial charge < -0.3 is 16.0 Å². The van der Waals surface area contributed by atoms with E-state index >= 15 is 0 Å². The van der Waals surface area contributed by atoms with Crippen LogP contribution >= 0.6 is 0 Å². The summed E-state index contributed by atoms with van der Waals surface area (Å²) in [5, 5.41) is 8.22. The van der Waals surface area contributed by atoms with E-state index < -0.39 is 5.54 Å². The molecule has 0 aliphatic rings. The quantitative estimate of drug-likeness (QED) is 0.699. The molecule has 0 atom stereocenters. The van der Waals surface area contributed by atoms with E-state index in [2.05, 4.69) is 20.9 Å². The molecule has 0 bridgehead atoms. The smallest absolute Gasteiger partial charge is 0.245 e. The van der Waals surface area contributed by atoms with Gasteiger partial charge in [-0.05, 0) is 32.9 Å². The van der Waals surface area contributed by atoms with E-state index in [9.17, 15) is 9.59 Å². The van der Waals surface area contributed by atoms with Crippen LogP contribution in [0.25, 0.3) is 0 Å². The minimum atomic E-state index is -0.846. The highest BCUT2D eigenvalue weighted by Gasteiger charge is 2.27. The molecular weight excluding hydrogens is 244 g/mol. The van der Waals surface area contributed by atoms with Gasteiger partial charge in [-0.15, -0.1) is 0 Å². The van der Waals surface area contributed by atoms with Gasteiger partial charge >= 0.3 is 0 Å². The molecule has 104 valence electrons. The topological polar surface area (TPSA) is 83.1 Å². The number of nitrogens with zero attached hydrogens (tertiary/aromatic N) is 1. The Morgan fingerprint density at radius 3 is 2.58 bits per heavy atom. The lowest BCUT2D eigenvalue weighted by Crippen LogP contribution is -2.50. The Hall–Kier alpha value is -2.11. The maximum absolute atomic E-state index is 12.0. The van der Waals surface area contributed by atoms with Crippen LogP contribution in [0.1, 0.15) is 20.8 Å². The van der Waals surface area contributed by atoms with Gasteiger partial charge in [0, 0.05) is 12.7 Å². The van der Waals surface area contributed by atoms with Crippen molar-refractivity contribution in [3.05, 3.63) is 24.4 Å². The highest BCUT2D eigenvalue weighted by molar-refractivity contribution is 5.91. The second-order valence-corrected chi connectivity index (χ2v) is 4.60. The maximum atomic E-state index is 12.0. The van der Waals surface area contributed by atoms with Crippen molar-refractivity contribution >= 4 is 17.6 Å². The summed E-state index contributed by atoms with van der Waals surface area (Å²) >= 11 is 0. The molecule has 3 N–H and O–H groups in total. The zero-order valence-electron chi connectivity index (χ0n) is 11.5. The van der Waals surface area contributed by atoms with E-state index in [0.717, 1.165) is 0 Å². The van der Waals surface area contributed by atoms with Crippen molar-refractivity contribution in [2.45, 2.75) is 26.3 Å². The largest absolute Gasteiger partial charge is 0.356 e. The van der Waals surface area contributed by atoms with Crippen molar-refractivity contribution in [2.75, 3.05) is 18.4 Å². The number of anilines is 1. The van der Waals surface area contributed by atoms with E-state index in [1.54, 1.807) is 32.2 Å². The molecule has 0 fully saturated rings. The van der Waals surface area contributed by atoms with Crippen molar-refractivity contribution in [2.24, 2.45) is 0 Å². The predicted molar refractivity (Wildman–Crippen MR) is 73.6 cm³/mol. The molecule has 6 nitrogen and oxygen atoms in total. The van der Waals surface area contributed by atoms with Gasteiger partial charge in [-0.25, -0.2) is 4.98 Å². The van der Waals surface area contributed by atoms with Crippen LogP contribution in [-0.2, 0) is 9.59 Å². The van der Waals surface area contributed by atoms with Gasteiger partial charge in [-0.2, -0.15) is 0 Å². The van der Waals surface area contributed by atoms with Crippen LogP contribution in [0.15, 0.2) is 24.4 Å². The lowest BCUT2D eigenvalue weighted by molar-refractivity contribution is -0.128. The molecule has 2 amide bonds. The molecule has 0 radical (unpaired) electrons.